The summed E-state index contributed by atoms with van der Waals surface area (Å²) in [4.78, 5) is 30.9. The van der Waals surface area contributed by atoms with Crippen molar-refractivity contribution >= 4 is 46.7 Å². The Hall–Kier alpha value is -2.86. The molecule has 1 saturated heterocycles. The highest BCUT2D eigenvalue weighted by molar-refractivity contribution is 7.80. The van der Waals surface area contributed by atoms with E-state index >= 15 is 0 Å². The van der Waals surface area contributed by atoms with E-state index in [1.54, 1.807) is 12.1 Å². The average Bonchev–Trinajstić information content (AvgIpc) is 2.57. The van der Waals surface area contributed by atoms with Crippen molar-refractivity contribution in [2.24, 2.45) is 10.9 Å². The third-order valence-electron chi connectivity index (χ3n) is 4.21. The van der Waals surface area contributed by atoms with E-state index in [9.17, 15) is 9.59 Å². The van der Waals surface area contributed by atoms with E-state index in [0.29, 0.717) is 5.69 Å². The fraction of sp³-hybridized carbons (Fsp3) is 0.200. The number of aliphatic imine (C=N–C) groups is 1. The Balaban J connectivity index is 1.90. The molecular formula is C20H19N3O2S. The second-order valence-electron chi connectivity index (χ2n) is 6.35. The van der Waals surface area contributed by atoms with Crippen LogP contribution in [0.2, 0.25) is 0 Å². The van der Waals surface area contributed by atoms with Crippen molar-refractivity contribution in [3.8, 4) is 0 Å². The minimum Gasteiger partial charge on any atom is -0.301 e. The summed E-state index contributed by atoms with van der Waals surface area (Å²) in [5.74, 6) is -1.89. The number of nitrogens with zero attached hydrogens (tertiary/aromatic N) is 2. The van der Waals surface area contributed by atoms with Crippen molar-refractivity contribution in [3.63, 3.8) is 0 Å². The minimum absolute atomic E-state index is 0.0834. The van der Waals surface area contributed by atoms with Gasteiger partial charge in [0.25, 0.3) is 5.91 Å². The molecule has 2 aromatic carbocycles. The van der Waals surface area contributed by atoms with Gasteiger partial charge in [-0.05, 0) is 56.8 Å². The number of carbonyl (C=O) groups excluding carboxylic acids is 2. The van der Waals surface area contributed by atoms with E-state index < -0.39 is 17.7 Å². The summed E-state index contributed by atoms with van der Waals surface area (Å²) in [7, 11) is 0. The number of anilines is 1. The van der Waals surface area contributed by atoms with Crippen LogP contribution in [-0.4, -0.2) is 23.1 Å². The molecule has 3 rings (SSSR count). The number of hydrogen-bond acceptors (Lipinski definition) is 4. The summed E-state index contributed by atoms with van der Waals surface area (Å²) < 4.78 is 0. The number of aryl methyl sites for hydroxylation is 3. The summed E-state index contributed by atoms with van der Waals surface area (Å²) >= 11 is 5.19. The van der Waals surface area contributed by atoms with Gasteiger partial charge in [0.05, 0.1) is 11.4 Å². The van der Waals surface area contributed by atoms with Gasteiger partial charge < -0.3 is 5.32 Å². The Morgan fingerprint density at radius 2 is 1.69 bits per heavy atom. The number of benzene rings is 2. The van der Waals surface area contributed by atoms with Crippen LogP contribution < -0.4 is 10.2 Å². The molecule has 6 heteroatoms. The van der Waals surface area contributed by atoms with Gasteiger partial charge in [0.1, 0.15) is 0 Å². The molecular weight excluding hydrogens is 346 g/mol. The SMILES string of the molecule is Cc1ccc(N2C(=O)[C@H](C=Nc3ccc(C)cc3C)C(=O)NC2=S)cc1. The van der Waals surface area contributed by atoms with Crippen LogP contribution >= 0.6 is 12.2 Å². The first-order valence-electron chi connectivity index (χ1n) is 8.24. The molecule has 132 valence electrons. The molecule has 2 amide bonds. The number of hydrogen-bond donors (Lipinski definition) is 1. The topological polar surface area (TPSA) is 61.8 Å². The van der Waals surface area contributed by atoms with Crippen LogP contribution in [0.1, 0.15) is 16.7 Å². The van der Waals surface area contributed by atoms with Crippen molar-refractivity contribution in [2.45, 2.75) is 20.8 Å². The zero-order chi connectivity index (χ0) is 18.8. The van der Waals surface area contributed by atoms with Gasteiger partial charge in [0, 0.05) is 6.21 Å². The molecule has 1 fully saturated rings. The summed E-state index contributed by atoms with van der Waals surface area (Å²) in [6.07, 6.45) is 1.39. The maximum Gasteiger partial charge on any atom is 0.251 e. The highest BCUT2D eigenvalue weighted by atomic mass is 32.1. The lowest BCUT2D eigenvalue weighted by Gasteiger charge is -2.31. The summed E-state index contributed by atoms with van der Waals surface area (Å²) in [6, 6.07) is 13.2. The maximum absolute atomic E-state index is 12.9. The van der Waals surface area contributed by atoms with Crippen LogP contribution in [-0.2, 0) is 9.59 Å². The van der Waals surface area contributed by atoms with Crippen molar-refractivity contribution in [3.05, 3.63) is 59.2 Å². The fourth-order valence-corrected chi connectivity index (χ4v) is 3.06. The molecule has 0 saturated carbocycles. The van der Waals surface area contributed by atoms with Crippen molar-refractivity contribution < 1.29 is 9.59 Å². The van der Waals surface area contributed by atoms with Gasteiger partial charge in [0.2, 0.25) is 5.91 Å². The van der Waals surface area contributed by atoms with E-state index in [1.807, 2.05) is 51.1 Å². The summed E-state index contributed by atoms with van der Waals surface area (Å²) in [6.45, 7) is 5.90. The van der Waals surface area contributed by atoms with Gasteiger partial charge in [-0.3, -0.25) is 19.5 Å². The lowest BCUT2D eigenvalue weighted by molar-refractivity contribution is -0.130. The van der Waals surface area contributed by atoms with Crippen molar-refractivity contribution in [1.29, 1.82) is 0 Å². The van der Waals surface area contributed by atoms with Gasteiger partial charge in [-0.15, -0.1) is 0 Å². The second-order valence-corrected chi connectivity index (χ2v) is 6.74. The van der Waals surface area contributed by atoms with E-state index in [4.69, 9.17) is 12.2 Å². The molecule has 0 unspecified atom stereocenters. The van der Waals surface area contributed by atoms with Gasteiger partial charge in [-0.25, -0.2) is 0 Å². The van der Waals surface area contributed by atoms with E-state index in [1.165, 1.54) is 11.1 Å². The first kappa shape index (κ1) is 17.9. The lowest BCUT2D eigenvalue weighted by Crippen LogP contribution is -2.58. The molecule has 0 radical (unpaired) electrons. The largest absolute Gasteiger partial charge is 0.301 e. The first-order chi connectivity index (χ1) is 12.4. The van der Waals surface area contributed by atoms with E-state index in [0.717, 1.165) is 22.4 Å². The quantitative estimate of drug-likeness (QED) is 0.515. The van der Waals surface area contributed by atoms with E-state index in [-0.39, 0.29) is 5.11 Å². The molecule has 0 spiro atoms. The Morgan fingerprint density at radius 1 is 1.04 bits per heavy atom. The third kappa shape index (κ3) is 3.55. The normalized spacial score (nSPS) is 17.7. The van der Waals surface area contributed by atoms with Crippen LogP contribution in [0.3, 0.4) is 0 Å². The van der Waals surface area contributed by atoms with Crippen LogP contribution in [0.15, 0.2) is 47.5 Å². The fourth-order valence-electron chi connectivity index (χ4n) is 2.77. The van der Waals surface area contributed by atoms with Crippen molar-refractivity contribution in [2.75, 3.05) is 4.90 Å². The predicted molar refractivity (Wildman–Crippen MR) is 107 cm³/mol. The molecule has 26 heavy (non-hydrogen) atoms. The highest BCUT2D eigenvalue weighted by Crippen LogP contribution is 2.23. The van der Waals surface area contributed by atoms with Gasteiger partial charge >= 0.3 is 0 Å². The molecule has 2 aromatic rings. The van der Waals surface area contributed by atoms with Gasteiger partial charge in [-0.1, -0.05) is 35.4 Å². The van der Waals surface area contributed by atoms with E-state index in [2.05, 4.69) is 10.3 Å². The Morgan fingerprint density at radius 3 is 2.35 bits per heavy atom. The van der Waals surface area contributed by atoms with Gasteiger partial charge in [-0.2, -0.15) is 0 Å². The first-order valence-corrected chi connectivity index (χ1v) is 8.64. The van der Waals surface area contributed by atoms with Gasteiger partial charge in [0.15, 0.2) is 11.0 Å². The average molecular weight is 365 g/mol. The van der Waals surface area contributed by atoms with Crippen LogP contribution in [0.25, 0.3) is 0 Å². The van der Waals surface area contributed by atoms with Crippen LogP contribution in [0.5, 0.6) is 0 Å². The molecule has 1 aliphatic heterocycles. The monoisotopic (exact) mass is 365 g/mol. The molecule has 1 heterocycles. The summed E-state index contributed by atoms with van der Waals surface area (Å²) in [5, 5.41) is 2.67. The molecule has 5 nitrogen and oxygen atoms in total. The number of thiocarbonyl (C=S) groups is 1. The Labute approximate surface area is 157 Å². The Kier molecular flexibility index (Phi) is 4.95. The maximum atomic E-state index is 12.9. The molecule has 1 atom stereocenters. The second kappa shape index (κ2) is 7.17. The number of amides is 2. The zero-order valence-corrected chi connectivity index (χ0v) is 15.6. The zero-order valence-electron chi connectivity index (χ0n) is 14.8. The molecule has 0 aliphatic carbocycles. The van der Waals surface area contributed by atoms with Crippen LogP contribution in [0, 0.1) is 26.7 Å². The number of nitrogens with one attached hydrogen (secondary N) is 1. The number of rotatable bonds is 3. The molecule has 0 aromatic heterocycles. The molecule has 1 aliphatic rings. The summed E-state index contributed by atoms with van der Waals surface area (Å²) in [5.41, 5.74) is 4.53. The van der Waals surface area contributed by atoms with Crippen LogP contribution in [0.4, 0.5) is 11.4 Å². The molecule has 1 N–H and O–H groups in total. The number of carbonyl (C=O) groups is 2. The van der Waals surface area contributed by atoms with Crippen molar-refractivity contribution in [1.82, 2.24) is 5.32 Å². The molecule has 0 bridgehead atoms. The lowest BCUT2D eigenvalue weighted by atomic mass is 10.1. The minimum atomic E-state index is -1.02. The third-order valence-corrected chi connectivity index (χ3v) is 4.49. The highest BCUT2D eigenvalue weighted by Gasteiger charge is 2.38. The Bertz CT molecular complexity index is 919. The standard InChI is InChI=1S/C20H19N3O2S/c1-12-4-7-15(8-5-12)23-19(25)16(18(24)22-20(23)26)11-21-17-9-6-13(2)10-14(17)3/h4-11,16H,1-3H3,(H,22,24,26)/t16-/m1/s1. The smallest absolute Gasteiger partial charge is 0.251 e. The predicted octanol–water partition coefficient (Wildman–Crippen LogP) is 3.38.